The molecule has 3 aliphatic heterocycles. The zero-order valence-corrected chi connectivity index (χ0v) is 15.4. The molecule has 0 saturated carbocycles. The van der Waals surface area contributed by atoms with Crippen molar-refractivity contribution in [3.05, 3.63) is 29.8 Å². The molecule has 6 heteroatoms. The van der Waals surface area contributed by atoms with Crippen LogP contribution in [0.4, 0.5) is 5.69 Å². The SMILES string of the molecule is O=C(C1CCCO1)N1CCN(Cc2ccccc2N2CCOCC2)CC1. The van der Waals surface area contributed by atoms with Crippen molar-refractivity contribution >= 4 is 11.6 Å². The second-order valence-electron chi connectivity index (χ2n) is 7.33. The van der Waals surface area contributed by atoms with Gasteiger partial charge >= 0.3 is 0 Å². The summed E-state index contributed by atoms with van der Waals surface area (Å²) in [7, 11) is 0. The Morgan fingerprint density at radius 3 is 2.50 bits per heavy atom. The predicted octanol–water partition coefficient (Wildman–Crippen LogP) is 1.35. The molecule has 0 spiro atoms. The highest BCUT2D eigenvalue weighted by molar-refractivity contribution is 5.81. The summed E-state index contributed by atoms with van der Waals surface area (Å²) < 4.78 is 11.0. The fraction of sp³-hybridized carbons (Fsp3) is 0.650. The Bertz CT molecular complexity index is 604. The van der Waals surface area contributed by atoms with E-state index in [0.717, 1.165) is 78.5 Å². The summed E-state index contributed by atoms with van der Waals surface area (Å²) in [5.74, 6) is 0.191. The molecular weight excluding hydrogens is 330 g/mol. The number of amides is 1. The number of morpholine rings is 1. The maximum absolute atomic E-state index is 12.5. The average molecular weight is 359 g/mol. The van der Waals surface area contributed by atoms with Crippen molar-refractivity contribution in [2.24, 2.45) is 0 Å². The Balaban J connectivity index is 1.34. The zero-order valence-electron chi connectivity index (χ0n) is 15.4. The smallest absolute Gasteiger partial charge is 0.251 e. The van der Waals surface area contributed by atoms with Crippen LogP contribution in [0.3, 0.4) is 0 Å². The first-order valence-corrected chi connectivity index (χ1v) is 9.84. The van der Waals surface area contributed by atoms with E-state index in [2.05, 4.69) is 34.1 Å². The Morgan fingerprint density at radius 2 is 1.77 bits per heavy atom. The normalized spacial score (nSPS) is 24.8. The first-order chi connectivity index (χ1) is 12.8. The molecule has 1 aromatic rings. The topological polar surface area (TPSA) is 45.2 Å². The maximum Gasteiger partial charge on any atom is 0.251 e. The number of carbonyl (C=O) groups excluding carboxylic acids is 1. The van der Waals surface area contributed by atoms with Crippen molar-refractivity contribution in [1.29, 1.82) is 0 Å². The van der Waals surface area contributed by atoms with E-state index in [4.69, 9.17) is 9.47 Å². The lowest BCUT2D eigenvalue weighted by Crippen LogP contribution is -2.51. The summed E-state index contributed by atoms with van der Waals surface area (Å²) in [6.07, 6.45) is 1.70. The largest absolute Gasteiger partial charge is 0.378 e. The van der Waals surface area contributed by atoms with Crippen LogP contribution in [0, 0.1) is 0 Å². The van der Waals surface area contributed by atoms with E-state index in [1.165, 1.54) is 11.3 Å². The molecule has 1 aromatic carbocycles. The molecule has 4 rings (SSSR count). The first kappa shape index (κ1) is 17.8. The average Bonchev–Trinajstić information content (AvgIpc) is 3.24. The molecule has 3 aliphatic rings. The van der Waals surface area contributed by atoms with Crippen LogP contribution in [-0.4, -0.2) is 80.9 Å². The van der Waals surface area contributed by atoms with Crippen molar-refractivity contribution in [3.8, 4) is 0 Å². The Hall–Kier alpha value is -1.63. The molecule has 0 aromatic heterocycles. The lowest BCUT2D eigenvalue weighted by molar-refractivity contribution is -0.142. The molecule has 0 N–H and O–H groups in total. The molecule has 0 radical (unpaired) electrons. The third-order valence-corrected chi connectivity index (χ3v) is 5.63. The highest BCUT2D eigenvalue weighted by Gasteiger charge is 2.30. The van der Waals surface area contributed by atoms with Gasteiger partial charge in [-0.25, -0.2) is 0 Å². The minimum atomic E-state index is -0.191. The van der Waals surface area contributed by atoms with Gasteiger partial charge in [0.1, 0.15) is 6.10 Å². The van der Waals surface area contributed by atoms with Gasteiger partial charge in [0.15, 0.2) is 0 Å². The van der Waals surface area contributed by atoms with E-state index in [9.17, 15) is 4.79 Å². The number of hydrogen-bond acceptors (Lipinski definition) is 5. The van der Waals surface area contributed by atoms with Crippen molar-refractivity contribution < 1.29 is 14.3 Å². The van der Waals surface area contributed by atoms with Gasteiger partial charge in [-0.05, 0) is 24.5 Å². The monoisotopic (exact) mass is 359 g/mol. The van der Waals surface area contributed by atoms with Crippen molar-refractivity contribution in [3.63, 3.8) is 0 Å². The van der Waals surface area contributed by atoms with Gasteiger partial charge in [0.05, 0.1) is 13.2 Å². The lowest BCUT2D eigenvalue weighted by Gasteiger charge is -2.37. The minimum Gasteiger partial charge on any atom is -0.378 e. The van der Waals surface area contributed by atoms with Crippen LogP contribution in [0.25, 0.3) is 0 Å². The molecule has 1 amide bonds. The number of anilines is 1. The fourth-order valence-corrected chi connectivity index (χ4v) is 4.10. The maximum atomic E-state index is 12.5. The molecule has 26 heavy (non-hydrogen) atoms. The molecular formula is C20H29N3O3. The zero-order chi connectivity index (χ0) is 17.8. The standard InChI is InChI=1S/C20H29N3O3/c24-20(19-6-3-13-26-19)23-9-7-21(8-10-23)16-17-4-1-2-5-18(17)22-11-14-25-15-12-22/h1-2,4-5,19H,3,6-16H2. The van der Waals surface area contributed by atoms with E-state index in [1.54, 1.807) is 0 Å². The van der Waals surface area contributed by atoms with E-state index in [0.29, 0.717) is 0 Å². The van der Waals surface area contributed by atoms with E-state index in [1.807, 2.05) is 4.90 Å². The van der Waals surface area contributed by atoms with Crippen LogP contribution in [-0.2, 0) is 20.8 Å². The summed E-state index contributed by atoms with van der Waals surface area (Å²) in [6, 6.07) is 8.69. The quantitative estimate of drug-likeness (QED) is 0.812. The van der Waals surface area contributed by atoms with Gasteiger partial charge in [0.2, 0.25) is 0 Å². The van der Waals surface area contributed by atoms with Crippen molar-refractivity contribution in [2.75, 3.05) is 64.0 Å². The van der Waals surface area contributed by atoms with Crippen LogP contribution in [0.15, 0.2) is 24.3 Å². The van der Waals surface area contributed by atoms with Crippen LogP contribution in [0.5, 0.6) is 0 Å². The van der Waals surface area contributed by atoms with Gasteiger partial charge in [-0.3, -0.25) is 9.69 Å². The van der Waals surface area contributed by atoms with Crippen LogP contribution >= 0.6 is 0 Å². The van der Waals surface area contributed by atoms with Gasteiger partial charge in [-0.15, -0.1) is 0 Å². The minimum absolute atomic E-state index is 0.191. The Labute approximate surface area is 155 Å². The van der Waals surface area contributed by atoms with Gasteiger partial charge in [-0.1, -0.05) is 18.2 Å². The third kappa shape index (κ3) is 4.03. The third-order valence-electron chi connectivity index (χ3n) is 5.63. The van der Waals surface area contributed by atoms with Gasteiger partial charge in [-0.2, -0.15) is 0 Å². The number of carbonyl (C=O) groups is 1. The molecule has 142 valence electrons. The van der Waals surface area contributed by atoms with E-state index >= 15 is 0 Å². The molecule has 6 nitrogen and oxygen atoms in total. The van der Waals surface area contributed by atoms with Crippen LogP contribution < -0.4 is 4.90 Å². The Morgan fingerprint density at radius 1 is 1.00 bits per heavy atom. The van der Waals surface area contributed by atoms with Crippen LogP contribution in [0.1, 0.15) is 18.4 Å². The molecule has 3 fully saturated rings. The highest BCUT2D eigenvalue weighted by Crippen LogP contribution is 2.24. The summed E-state index contributed by atoms with van der Waals surface area (Å²) >= 11 is 0. The molecule has 3 saturated heterocycles. The van der Waals surface area contributed by atoms with Crippen LogP contribution in [0.2, 0.25) is 0 Å². The second-order valence-corrected chi connectivity index (χ2v) is 7.33. The van der Waals surface area contributed by atoms with Gasteiger partial charge in [0, 0.05) is 58.1 Å². The number of hydrogen-bond donors (Lipinski definition) is 0. The molecule has 0 aliphatic carbocycles. The Kier molecular flexibility index (Phi) is 5.72. The summed E-state index contributed by atoms with van der Waals surface area (Å²) in [6.45, 7) is 8.66. The number of piperazine rings is 1. The second kappa shape index (κ2) is 8.37. The molecule has 1 atom stereocenters. The van der Waals surface area contributed by atoms with Crippen molar-refractivity contribution in [1.82, 2.24) is 9.80 Å². The first-order valence-electron chi connectivity index (χ1n) is 9.84. The van der Waals surface area contributed by atoms with Crippen molar-refractivity contribution in [2.45, 2.75) is 25.5 Å². The number of nitrogens with zero attached hydrogens (tertiary/aromatic N) is 3. The van der Waals surface area contributed by atoms with E-state index in [-0.39, 0.29) is 12.0 Å². The number of ether oxygens (including phenoxy) is 2. The summed E-state index contributed by atoms with van der Waals surface area (Å²) in [5, 5.41) is 0. The lowest BCUT2D eigenvalue weighted by atomic mass is 10.1. The molecule has 1 unspecified atom stereocenters. The van der Waals surface area contributed by atoms with E-state index < -0.39 is 0 Å². The number of para-hydroxylation sites is 1. The summed E-state index contributed by atoms with van der Waals surface area (Å²) in [5.41, 5.74) is 2.70. The fourth-order valence-electron chi connectivity index (χ4n) is 4.10. The van der Waals surface area contributed by atoms with Gasteiger partial charge < -0.3 is 19.3 Å². The number of rotatable bonds is 4. The van der Waals surface area contributed by atoms with Gasteiger partial charge in [0.25, 0.3) is 5.91 Å². The predicted molar refractivity (Wildman–Crippen MR) is 100 cm³/mol. The molecule has 3 heterocycles. The highest BCUT2D eigenvalue weighted by atomic mass is 16.5. The molecule has 0 bridgehead atoms. The number of benzene rings is 1. The summed E-state index contributed by atoms with van der Waals surface area (Å²) in [4.78, 5) is 19.4.